The minimum absolute atomic E-state index is 2.50. The van der Waals surface area contributed by atoms with Gasteiger partial charge in [-0.15, -0.1) is 0 Å². The zero-order valence-electron chi connectivity index (χ0n) is 41.8. The third-order valence-corrected chi connectivity index (χ3v) is 3.62. The molecule has 0 aliphatic rings. The van der Waals surface area contributed by atoms with Crippen LogP contribution in [0.15, 0.2) is 475 Å². The van der Waals surface area contributed by atoms with E-state index in [1.807, 2.05) is 0 Å². The molecule has 0 radical (unpaired) electrons. The second kappa shape index (κ2) is 73.4. The van der Waals surface area contributed by atoms with Crippen molar-refractivity contribution >= 4 is 0 Å². The first-order valence-electron chi connectivity index (χ1n) is 18.5. The average Bonchev–Trinajstić information content (AvgIpc) is 3.58. The van der Waals surface area contributed by atoms with Gasteiger partial charge in [0.25, 0.3) is 0 Å². The van der Waals surface area contributed by atoms with Crippen LogP contribution in [0.25, 0.3) is 0 Å². The van der Waals surface area contributed by atoms with Gasteiger partial charge in [0.2, 0.25) is 0 Å². The van der Waals surface area contributed by atoms with Crippen LogP contribution >= 0.6 is 0 Å². The fraction of sp³-hybridized carbons (Fsp3) is 0. The van der Waals surface area contributed by atoms with Gasteiger partial charge in [0, 0.05) is 392 Å². The molecule has 0 amide bonds. The van der Waals surface area contributed by atoms with E-state index in [2.05, 4.69) is 481 Å². The molecule has 0 spiro atoms. The SMILES string of the molecule is N=N/N=N/N=N/N=N/N=N/N=N/N=N/N=N/N=N/N=N/N=N/N=N/N=N/N=N/N=N/N=N/N=N/N=N/N=N/N=N/N=N/N=N/N=N/N=N/N=N/N=N/N=N/N=N/N=N/N=N/N=N/N=N/N=N/N=N/N=N/N=N/N=N/N=N/N=N/N=N/N=N/N=N/N=N/N=N/N=N/N=N/N. The zero-order valence-corrected chi connectivity index (χ0v) is 41.8. The average molecular weight is 1310 g/mol. The summed E-state index contributed by atoms with van der Waals surface area (Å²) < 4.78 is 0. The largest absolute Gasteiger partial charge is 0.303 e. The van der Waals surface area contributed by atoms with Crippen molar-refractivity contribution < 1.29 is 0 Å². The summed E-state index contributed by atoms with van der Waals surface area (Å²) in [6, 6.07) is 0. The first-order valence-corrected chi connectivity index (χ1v) is 18.5. The zero-order chi connectivity index (χ0) is 66.3. The number of rotatable bonds is 45. The van der Waals surface area contributed by atoms with Crippen molar-refractivity contribution in [3.63, 3.8) is 0 Å². The summed E-state index contributed by atoms with van der Waals surface area (Å²) in [5, 5.41) is 271. The molecule has 3 N–H and O–H groups in total. The molecule has 0 aliphatic heterocycles. The molecule has 0 atom stereocenters. The molecule has 93 nitrogen and oxygen atoms in total. The van der Waals surface area contributed by atoms with Crippen molar-refractivity contribution in [2.24, 2.45) is 481 Å². The fourth-order valence-electron chi connectivity index (χ4n) is 1.60. The van der Waals surface area contributed by atoms with Gasteiger partial charge in [0.05, 0.1) is 0 Å². The number of hydrogen-bond donors (Lipinski definition) is 2. The van der Waals surface area contributed by atoms with E-state index in [4.69, 9.17) is 5.53 Å². The van der Waals surface area contributed by atoms with Crippen LogP contribution in [-0.4, -0.2) is 0 Å². The standard InChI is InChI=1S/H3N93/c1-3-5-7-9-11-13-15-17-19-21-23-25-27-29-31-33-35-37-39-41-43-45-47-49-51-53-55-57-59-61-63-65-67-69-71-73-75-77-79-81-83-85-87-89-91-93-92-90-88-86-84-82-80-78-76-74-72-70-68-66-64-62-60-58-56-54-52-50-48-46-44-42-40-38-36-34-32-30-28-26-24-22-20-18-16-14-12-10-8-6-4-2/h(H3,1,2,5,6,9,10,13,14,17,18,21,22,25,26,29,30,33,34,37,38,41,42,45,46,49,50,53,54,57,58,61,62,65,66,69,70,73,74,77,78,81,82,85,86,89,90,93). The Hall–Kier alpha value is -18.6. The maximum absolute atomic E-state index is 6.27. The molecule has 468 valence electrons. The molecule has 0 aromatic carbocycles. The van der Waals surface area contributed by atoms with E-state index in [0.29, 0.717) is 0 Å². The highest BCUT2D eigenvalue weighted by Crippen LogP contribution is 1.97. The molecule has 93 heteroatoms. The lowest BCUT2D eigenvalue weighted by Crippen LogP contribution is -1.70. The van der Waals surface area contributed by atoms with Gasteiger partial charge < -0.3 is 5.84 Å². The van der Waals surface area contributed by atoms with E-state index in [0.717, 1.165) is 0 Å². The molecule has 93 heavy (non-hydrogen) atoms. The third kappa shape index (κ3) is 73.4. The summed E-state index contributed by atoms with van der Waals surface area (Å²) in [6.07, 6.45) is 0. The second-order valence-corrected chi connectivity index (χ2v) is 8.18. The highest BCUT2D eigenvalue weighted by atomic mass is 15.8. The summed E-state index contributed by atoms with van der Waals surface area (Å²) in [5.41, 5.74) is 6.27. The Kier molecular flexibility index (Phi) is 58.7. The van der Waals surface area contributed by atoms with Gasteiger partial charge >= 0.3 is 0 Å². The first kappa shape index (κ1) is 74.4. The lowest BCUT2D eigenvalue weighted by Gasteiger charge is -1.71. The maximum atomic E-state index is 6.27. The quantitative estimate of drug-likeness (QED) is 0.0335. The van der Waals surface area contributed by atoms with Crippen LogP contribution in [-0.2, 0) is 0 Å². The molecule has 0 saturated carbocycles. The van der Waals surface area contributed by atoms with E-state index < -0.39 is 0 Å². The summed E-state index contributed by atoms with van der Waals surface area (Å²) in [5.74, 6) is 4.63. The predicted octanol–water partition coefficient (Wildman–Crippen LogP) is 16.4. The Bertz CT molecular complexity index is 3390. The monoisotopic (exact) mass is 1310 g/mol. The van der Waals surface area contributed by atoms with Gasteiger partial charge in [-0.25, -0.2) is 0 Å². The molecule has 0 fully saturated rings. The van der Waals surface area contributed by atoms with Gasteiger partial charge in [-0.1, -0.05) is 5.22 Å². The number of nitrogens with two attached hydrogens (primary N) is 1. The molecular weight excluding hydrogens is 1300 g/mol. The minimum atomic E-state index is 2.50. The third-order valence-electron chi connectivity index (χ3n) is 3.62. The van der Waals surface area contributed by atoms with E-state index >= 15 is 0 Å². The normalized spacial score (nSPS) is 15.6. The first-order chi connectivity index (χ1) is 46.4. The Morgan fingerprint density at radius 3 is 0.194 bits per heavy atom. The molecular formula is H3N93. The van der Waals surface area contributed by atoms with Crippen LogP contribution in [0.1, 0.15) is 0 Å². The Balaban J connectivity index is 4.12. The second-order valence-electron chi connectivity index (χ2n) is 8.18. The Morgan fingerprint density at radius 1 is 0.0860 bits per heavy atom. The minimum Gasteiger partial charge on any atom is -0.303 e. The van der Waals surface area contributed by atoms with Crippen molar-refractivity contribution in [1.82, 2.24) is 0 Å². The van der Waals surface area contributed by atoms with E-state index in [1.165, 1.54) is 0 Å². The van der Waals surface area contributed by atoms with Gasteiger partial charge in [-0.05, 0) is 78.3 Å². The van der Waals surface area contributed by atoms with Crippen molar-refractivity contribution in [3.05, 3.63) is 0 Å². The fourth-order valence-corrected chi connectivity index (χ4v) is 1.60. The maximum Gasteiger partial charge on any atom is 0 e. The molecule has 0 saturated heterocycles. The van der Waals surface area contributed by atoms with Crippen LogP contribution < -0.4 is 5.84 Å². The van der Waals surface area contributed by atoms with Crippen molar-refractivity contribution in [3.8, 4) is 0 Å². The van der Waals surface area contributed by atoms with Crippen LogP contribution in [0.4, 0.5) is 0 Å². The lowest BCUT2D eigenvalue weighted by atomic mass is 12.3. The Morgan fingerprint density at radius 2 is 0.140 bits per heavy atom. The predicted molar refractivity (Wildman–Crippen MR) is 228 cm³/mol. The molecule has 0 aliphatic carbocycles. The van der Waals surface area contributed by atoms with Crippen molar-refractivity contribution in [1.29, 1.82) is 5.53 Å². The number of hydrogen-bond acceptors (Lipinski definition) is 2. The van der Waals surface area contributed by atoms with Crippen LogP contribution in [0.3, 0.4) is 0 Å². The molecule has 0 rings (SSSR count). The lowest BCUT2D eigenvalue weighted by molar-refractivity contribution is 0.723. The summed E-state index contributed by atoms with van der Waals surface area (Å²) in [7, 11) is 0. The van der Waals surface area contributed by atoms with Crippen LogP contribution in [0, 0.1) is 5.53 Å². The van der Waals surface area contributed by atoms with E-state index in [1.54, 1.807) is 0 Å². The van der Waals surface area contributed by atoms with Gasteiger partial charge in [-0.3, -0.25) is 0 Å². The topological polar surface area (TPSA) is 1170 Å². The number of nitrogens with one attached hydrogen (secondary N) is 1. The van der Waals surface area contributed by atoms with Crippen LogP contribution in [0.2, 0.25) is 0 Å². The van der Waals surface area contributed by atoms with E-state index in [9.17, 15) is 0 Å². The van der Waals surface area contributed by atoms with Crippen molar-refractivity contribution in [2.45, 2.75) is 0 Å². The highest BCUT2D eigenvalue weighted by Gasteiger charge is 1.79. The van der Waals surface area contributed by atoms with Crippen LogP contribution in [0.5, 0.6) is 0 Å². The summed E-state index contributed by atoms with van der Waals surface area (Å²) in [4.78, 5) is 0. The number of nitrogens with zero attached hydrogens (tertiary/aromatic N) is 91. The molecule has 0 aromatic heterocycles. The molecule has 0 unspecified atom stereocenters. The van der Waals surface area contributed by atoms with E-state index in [-0.39, 0.29) is 0 Å². The van der Waals surface area contributed by atoms with Gasteiger partial charge in [-0.2, -0.15) is 5.53 Å². The van der Waals surface area contributed by atoms with Crippen molar-refractivity contribution in [2.75, 3.05) is 0 Å². The summed E-state index contributed by atoms with van der Waals surface area (Å²) >= 11 is 0. The highest BCUT2D eigenvalue weighted by molar-refractivity contribution is 4.22. The summed E-state index contributed by atoms with van der Waals surface area (Å²) in [6.45, 7) is 0. The smallest absolute Gasteiger partial charge is 0 e. The molecule has 0 heterocycles. The molecule has 0 aromatic rings. The molecule has 0 bridgehead atoms. The van der Waals surface area contributed by atoms with Gasteiger partial charge in [0.15, 0.2) is 0 Å². The van der Waals surface area contributed by atoms with Gasteiger partial charge in [0.1, 0.15) is 0 Å². The Labute approximate surface area is 487 Å².